The molecule has 96 valence electrons. The van der Waals surface area contributed by atoms with Gasteiger partial charge in [0.1, 0.15) is 5.82 Å². The average Bonchev–Trinajstić information content (AvgIpc) is 2.75. The van der Waals surface area contributed by atoms with E-state index in [0.717, 1.165) is 4.47 Å². The van der Waals surface area contributed by atoms with E-state index in [4.69, 9.17) is 5.84 Å². The number of benzene rings is 1. The minimum absolute atomic E-state index is 0.292. The van der Waals surface area contributed by atoms with Crippen molar-refractivity contribution in [3.63, 3.8) is 0 Å². The van der Waals surface area contributed by atoms with Crippen LogP contribution in [0, 0.1) is 5.82 Å². The number of nitrogens with two attached hydrogens (primary N) is 1. The number of hydrogen-bond acceptors (Lipinski definition) is 5. The molecular formula is C10H12BrFN6. The summed E-state index contributed by atoms with van der Waals surface area (Å²) in [6.07, 6.45) is 0.423. The van der Waals surface area contributed by atoms with Crippen LogP contribution in [0.2, 0.25) is 0 Å². The van der Waals surface area contributed by atoms with Crippen molar-refractivity contribution in [3.8, 4) is 0 Å². The monoisotopic (exact) mass is 314 g/mol. The van der Waals surface area contributed by atoms with Crippen LogP contribution >= 0.6 is 15.9 Å². The summed E-state index contributed by atoms with van der Waals surface area (Å²) in [6.45, 7) is 0. The van der Waals surface area contributed by atoms with Gasteiger partial charge in [-0.1, -0.05) is 15.9 Å². The first kappa shape index (κ1) is 13.1. The zero-order valence-electron chi connectivity index (χ0n) is 9.64. The summed E-state index contributed by atoms with van der Waals surface area (Å²) >= 11 is 3.37. The van der Waals surface area contributed by atoms with Gasteiger partial charge in [0, 0.05) is 10.9 Å². The maximum absolute atomic E-state index is 13.2. The van der Waals surface area contributed by atoms with Crippen molar-refractivity contribution in [1.82, 2.24) is 25.6 Å². The first-order valence-electron chi connectivity index (χ1n) is 5.24. The second kappa shape index (κ2) is 5.51. The van der Waals surface area contributed by atoms with Crippen molar-refractivity contribution in [3.05, 3.63) is 39.9 Å². The van der Waals surface area contributed by atoms with Crippen molar-refractivity contribution in [2.24, 2.45) is 12.9 Å². The molecule has 0 aliphatic rings. The van der Waals surface area contributed by atoms with E-state index in [1.165, 1.54) is 16.9 Å². The Morgan fingerprint density at radius 1 is 1.56 bits per heavy atom. The Labute approximate surface area is 111 Å². The zero-order valence-corrected chi connectivity index (χ0v) is 11.2. The highest BCUT2D eigenvalue weighted by atomic mass is 79.9. The second-order valence-corrected chi connectivity index (χ2v) is 4.64. The van der Waals surface area contributed by atoms with Gasteiger partial charge in [-0.2, -0.15) is 4.80 Å². The molecule has 0 radical (unpaired) electrons. The maximum atomic E-state index is 13.2. The normalized spacial score (nSPS) is 12.7. The number of tetrazole rings is 1. The maximum Gasteiger partial charge on any atom is 0.176 e. The van der Waals surface area contributed by atoms with Crippen LogP contribution < -0.4 is 11.3 Å². The molecule has 1 heterocycles. The van der Waals surface area contributed by atoms with E-state index >= 15 is 0 Å². The number of hydrogen-bond donors (Lipinski definition) is 2. The molecule has 1 unspecified atom stereocenters. The quantitative estimate of drug-likeness (QED) is 0.646. The fourth-order valence-electron chi connectivity index (χ4n) is 1.63. The van der Waals surface area contributed by atoms with E-state index in [1.807, 2.05) is 0 Å². The van der Waals surface area contributed by atoms with E-state index in [0.29, 0.717) is 17.8 Å². The van der Waals surface area contributed by atoms with E-state index in [9.17, 15) is 4.39 Å². The van der Waals surface area contributed by atoms with Gasteiger partial charge in [-0.25, -0.2) is 4.39 Å². The molecule has 2 aromatic rings. The van der Waals surface area contributed by atoms with Crippen molar-refractivity contribution in [1.29, 1.82) is 0 Å². The predicted molar refractivity (Wildman–Crippen MR) is 66.7 cm³/mol. The number of halogens is 2. The molecule has 6 nitrogen and oxygen atoms in total. The summed E-state index contributed by atoms with van der Waals surface area (Å²) in [5, 5.41) is 11.7. The van der Waals surface area contributed by atoms with E-state index in [1.54, 1.807) is 13.1 Å². The molecule has 0 aliphatic carbocycles. The van der Waals surface area contributed by atoms with Crippen LogP contribution in [0.1, 0.15) is 17.4 Å². The Bertz CT molecular complexity index is 543. The molecule has 0 bridgehead atoms. The van der Waals surface area contributed by atoms with Gasteiger partial charge >= 0.3 is 0 Å². The SMILES string of the molecule is Cn1nnc(CC(NN)c2cc(F)ccc2Br)n1. The number of aryl methyl sites for hydroxylation is 1. The zero-order chi connectivity index (χ0) is 13.1. The van der Waals surface area contributed by atoms with E-state index in [-0.39, 0.29) is 11.9 Å². The molecule has 2 rings (SSSR count). The Kier molecular flexibility index (Phi) is 4.00. The smallest absolute Gasteiger partial charge is 0.176 e. The van der Waals surface area contributed by atoms with Crippen LogP contribution in [-0.4, -0.2) is 20.2 Å². The molecule has 18 heavy (non-hydrogen) atoms. The number of hydrazine groups is 1. The number of rotatable bonds is 4. The summed E-state index contributed by atoms with van der Waals surface area (Å²) < 4.78 is 14.0. The molecule has 0 fully saturated rings. The number of aromatic nitrogens is 4. The summed E-state index contributed by atoms with van der Waals surface area (Å²) in [5.41, 5.74) is 3.34. The van der Waals surface area contributed by atoms with Gasteiger partial charge in [-0.05, 0) is 29.0 Å². The van der Waals surface area contributed by atoms with Crippen molar-refractivity contribution in [2.75, 3.05) is 0 Å². The fraction of sp³-hybridized carbons (Fsp3) is 0.300. The predicted octanol–water partition coefficient (Wildman–Crippen LogP) is 0.859. The minimum Gasteiger partial charge on any atom is -0.271 e. The van der Waals surface area contributed by atoms with Gasteiger partial charge in [0.05, 0.1) is 13.1 Å². The highest BCUT2D eigenvalue weighted by Gasteiger charge is 2.17. The molecule has 1 aromatic carbocycles. The minimum atomic E-state index is -0.319. The highest BCUT2D eigenvalue weighted by Crippen LogP contribution is 2.25. The van der Waals surface area contributed by atoms with Gasteiger partial charge in [0.2, 0.25) is 0 Å². The van der Waals surface area contributed by atoms with Crippen LogP contribution in [-0.2, 0) is 13.5 Å². The lowest BCUT2D eigenvalue weighted by Gasteiger charge is -2.16. The largest absolute Gasteiger partial charge is 0.271 e. The Balaban J connectivity index is 2.25. The number of nitrogens with zero attached hydrogens (tertiary/aromatic N) is 4. The molecule has 0 aliphatic heterocycles. The van der Waals surface area contributed by atoms with Crippen molar-refractivity contribution < 1.29 is 4.39 Å². The molecule has 1 atom stereocenters. The standard InChI is InChI=1S/C10H12BrFN6/c1-18-16-10(15-17-18)5-9(14-13)7-4-6(12)2-3-8(7)11/h2-4,9,14H,5,13H2,1H3. The highest BCUT2D eigenvalue weighted by molar-refractivity contribution is 9.10. The van der Waals surface area contributed by atoms with Gasteiger partial charge in [-0.3, -0.25) is 11.3 Å². The summed E-state index contributed by atoms with van der Waals surface area (Å²) in [5.74, 6) is 5.72. The third kappa shape index (κ3) is 2.89. The molecule has 0 saturated heterocycles. The van der Waals surface area contributed by atoms with Gasteiger partial charge < -0.3 is 0 Å². The average molecular weight is 315 g/mol. The Hall–Kier alpha value is -1.38. The van der Waals surface area contributed by atoms with E-state index in [2.05, 4.69) is 36.8 Å². The number of nitrogens with one attached hydrogen (secondary N) is 1. The van der Waals surface area contributed by atoms with Gasteiger partial charge in [0.25, 0.3) is 0 Å². The Morgan fingerprint density at radius 2 is 2.33 bits per heavy atom. The van der Waals surface area contributed by atoms with Crippen molar-refractivity contribution >= 4 is 15.9 Å². The molecule has 1 aromatic heterocycles. The van der Waals surface area contributed by atoms with Crippen molar-refractivity contribution in [2.45, 2.75) is 12.5 Å². The lowest BCUT2D eigenvalue weighted by molar-refractivity contribution is 0.528. The third-order valence-electron chi connectivity index (χ3n) is 2.47. The topological polar surface area (TPSA) is 81.7 Å². The van der Waals surface area contributed by atoms with Crippen LogP contribution in [0.5, 0.6) is 0 Å². The lowest BCUT2D eigenvalue weighted by atomic mass is 10.0. The molecule has 3 N–H and O–H groups in total. The molecule has 0 amide bonds. The van der Waals surface area contributed by atoms with Crippen LogP contribution in [0.3, 0.4) is 0 Å². The van der Waals surface area contributed by atoms with Gasteiger partial charge in [0.15, 0.2) is 5.82 Å². The molecule has 0 saturated carbocycles. The van der Waals surface area contributed by atoms with Crippen LogP contribution in [0.4, 0.5) is 4.39 Å². The lowest BCUT2D eigenvalue weighted by Crippen LogP contribution is -2.30. The molecular weight excluding hydrogens is 303 g/mol. The molecule has 8 heteroatoms. The summed E-state index contributed by atoms with van der Waals surface area (Å²) in [4.78, 5) is 1.36. The fourth-order valence-corrected chi connectivity index (χ4v) is 2.15. The van der Waals surface area contributed by atoms with Crippen LogP contribution in [0.15, 0.2) is 22.7 Å². The Morgan fingerprint density at radius 3 is 2.94 bits per heavy atom. The first-order valence-corrected chi connectivity index (χ1v) is 6.03. The molecule has 0 spiro atoms. The first-order chi connectivity index (χ1) is 8.60. The van der Waals surface area contributed by atoms with Crippen LogP contribution in [0.25, 0.3) is 0 Å². The summed E-state index contributed by atoms with van der Waals surface area (Å²) in [7, 11) is 1.68. The van der Waals surface area contributed by atoms with E-state index < -0.39 is 0 Å². The second-order valence-electron chi connectivity index (χ2n) is 3.78. The van der Waals surface area contributed by atoms with Gasteiger partial charge in [-0.15, -0.1) is 10.2 Å². The third-order valence-corrected chi connectivity index (χ3v) is 3.19. The summed E-state index contributed by atoms with van der Waals surface area (Å²) in [6, 6.07) is 4.14.